The lowest BCUT2D eigenvalue weighted by Gasteiger charge is -2.16. The first-order chi connectivity index (χ1) is 12.9. The number of aromatic hydroxyl groups is 1. The smallest absolute Gasteiger partial charge is 0.230 e. The van der Waals surface area contributed by atoms with Gasteiger partial charge < -0.3 is 15.2 Å². The molecular weight excluding hydrogens is 342 g/mol. The van der Waals surface area contributed by atoms with Gasteiger partial charge in [0.15, 0.2) is 11.5 Å². The van der Waals surface area contributed by atoms with Crippen molar-refractivity contribution in [2.24, 2.45) is 11.8 Å². The minimum atomic E-state index is -0.601. The summed E-state index contributed by atoms with van der Waals surface area (Å²) < 4.78 is 5.08. The van der Waals surface area contributed by atoms with Crippen molar-refractivity contribution in [3.05, 3.63) is 35.9 Å². The molecule has 0 bridgehead atoms. The molecule has 0 aliphatic rings. The minimum Gasteiger partial charge on any atom is -0.504 e. The molecule has 5 nitrogen and oxygen atoms in total. The number of Topliss-reactive ketones (excluding diaryl/α,β-unsaturated/α-hetero) is 1. The summed E-state index contributed by atoms with van der Waals surface area (Å²) in [4.78, 5) is 25.0. The maximum absolute atomic E-state index is 12.6. The summed E-state index contributed by atoms with van der Waals surface area (Å²) in [5.41, 5.74) is 0.805. The number of carbonyl (C=O) groups is 2. The number of carbonyl (C=O) groups excluding carboxylic acids is 2. The summed E-state index contributed by atoms with van der Waals surface area (Å²) in [6.07, 6.45) is 7.66. The molecule has 27 heavy (non-hydrogen) atoms. The van der Waals surface area contributed by atoms with Crippen molar-refractivity contribution in [3.8, 4) is 11.5 Å². The third kappa shape index (κ3) is 8.29. The van der Waals surface area contributed by atoms with E-state index in [1.54, 1.807) is 12.1 Å². The van der Waals surface area contributed by atoms with Gasteiger partial charge in [-0.05, 0) is 49.3 Å². The van der Waals surface area contributed by atoms with Gasteiger partial charge in [-0.3, -0.25) is 9.59 Å². The highest BCUT2D eigenvalue weighted by atomic mass is 16.5. The van der Waals surface area contributed by atoms with Gasteiger partial charge in [0.05, 0.1) is 13.0 Å². The first kappa shape index (κ1) is 22.7. The van der Waals surface area contributed by atoms with Gasteiger partial charge in [-0.25, -0.2) is 0 Å². The van der Waals surface area contributed by atoms with E-state index in [1.165, 1.54) is 13.2 Å². The number of ketones is 1. The molecule has 0 aliphatic carbocycles. The van der Waals surface area contributed by atoms with Crippen LogP contribution < -0.4 is 10.1 Å². The minimum absolute atomic E-state index is 0.00567. The molecule has 150 valence electrons. The van der Waals surface area contributed by atoms with Crippen LogP contribution in [0.3, 0.4) is 0 Å². The van der Waals surface area contributed by atoms with Gasteiger partial charge in [-0.1, -0.05) is 39.0 Å². The fourth-order valence-electron chi connectivity index (χ4n) is 2.81. The van der Waals surface area contributed by atoms with Gasteiger partial charge in [0.1, 0.15) is 5.78 Å². The van der Waals surface area contributed by atoms with Crippen molar-refractivity contribution in [1.82, 2.24) is 5.32 Å². The Morgan fingerprint density at radius 3 is 2.67 bits per heavy atom. The quantitative estimate of drug-likeness (QED) is 0.323. The SMILES string of the molecule is CCCC(=O)C(CCC/C=C\C(C)C)C(=O)NCc1ccc(O)c(OC)c1. The second-order valence-electron chi connectivity index (χ2n) is 7.10. The average Bonchev–Trinajstić information content (AvgIpc) is 2.63. The Bertz CT molecular complexity index is 637. The Morgan fingerprint density at radius 1 is 1.30 bits per heavy atom. The number of hydrogen-bond donors (Lipinski definition) is 2. The van der Waals surface area contributed by atoms with Gasteiger partial charge in [0.25, 0.3) is 0 Å². The number of unbranched alkanes of at least 4 members (excludes halogenated alkanes) is 1. The van der Waals surface area contributed by atoms with E-state index in [4.69, 9.17) is 4.74 Å². The second kappa shape index (κ2) is 12.2. The number of phenols is 1. The fraction of sp³-hybridized carbons (Fsp3) is 0.545. The van der Waals surface area contributed by atoms with Crippen LogP contribution in [0.1, 0.15) is 58.4 Å². The molecule has 1 unspecified atom stereocenters. The average molecular weight is 376 g/mol. The molecule has 1 aromatic rings. The molecule has 0 radical (unpaired) electrons. The molecule has 0 heterocycles. The van der Waals surface area contributed by atoms with E-state index >= 15 is 0 Å². The molecule has 1 atom stereocenters. The Hall–Kier alpha value is -2.30. The van der Waals surface area contributed by atoms with Crippen LogP contribution in [-0.4, -0.2) is 23.9 Å². The molecule has 0 aliphatic heterocycles. The van der Waals surface area contributed by atoms with Crippen molar-refractivity contribution in [2.45, 2.75) is 59.4 Å². The van der Waals surface area contributed by atoms with E-state index in [0.29, 0.717) is 31.1 Å². The number of allylic oxidation sites excluding steroid dienone is 2. The lowest BCUT2D eigenvalue weighted by molar-refractivity contribution is -0.134. The molecule has 1 amide bonds. The number of ether oxygens (including phenoxy) is 1. The first-order valence-corrected chi connectivity index (χ1v) is 9.72. The Balaban J connectivity index is 2.65. The number of amides is 1. The molecular formula is C22H33NO4. The summed E-state index contributed by atoms with van der Waals surface area (Å²) in [6, 6.07) is 4.92. The second-order valence-corrected chi connectivity index (χ2v) is 7.10. The molecule has 0 saturated heterocycles. The number of nitrogens with one attached hydrogen (secondary N) is 1. The predicted octanol–water partition coefficient (Wildman–Crippen LogP) is 4.38. The molecule has 5 heteroatoms. The monoisotopic (exact) mass is 375 g/mol. The van der Waals surface area contributed by atoms with Crippen molar-refractivity contribution in [3.63, 3.8) is 0 Å². The molecule has 2 N–H and O–H groups in total. The Kier molecular flexibility index (Phi) is 10.2. The highest BCUT2D eigenvalue weighted by molar-refractivity contribution is 6.01. The van der Waals surface area contributed by atoms with Crippen LogP contribution in [0.25, 0.3) is 0 Å². The van der Waals surface area contributed by atoms with E-state index in [2.05, 4.69) is 31.3 Å². The van der Waals surface area contributed by atoms with Crippen molar-refractivity contribution in [1.29, 1.82) is 0 Å². The van der Waals surface area contributed by atoms with Gasteiger partial charge in [0.2, 0.25) is 5.91 Å². The summed E-state index contributed by atoms with van der Waals surface area (Å²) >= 11 is 0. The van der Waals surface area contributed by atoms with Gasteiger partial charge in [-0.15, -0.1) is 0 Å². The summed E-state index contributed by atoms with van der Waals surface area (Å²) in [5, 5.41) is 12.5. The standard InChI is InChI=1S/C22H33NO4/c1-5-9-19(24)18(11-8-6-7-10-16(2)3)22(26)23-15-17-12-13-20(25)21(14-17)27-4/h7,10,12-14,16,18,25H,5-6,8-9,11,15H2,1-4H3,(H,23,26)/b10-7-. The van der Waals surface area contributed by atoms with Crippen LogP contribution in [0.4, 0.5) is 0 Å². The number of phenolic OH excluding ortho intramolecular Hbond substituents is 1. The van der Waals surface area contributed by atoms with E-state index in [0.717, 1.165) is 24.8 Å². The van der Waals surface area contributed by atoms with E-state index in [1.807, 2.05) is 6.92 Å². The highest BCUT2D eigenvalue weighted by Crippen LogP contribution is 2.26. The van der Waals surface area contributed by atoms with Crippen LogP contribution in [0.5, 0.6) is 11.5 Å². The molecule has 0 fully saturated rings. The van der Waals surface area contributed by atoms with Gasteiger partial charge >= 0.3 is 0 Å². The molecule has 1 aromatic carbocycles. The molecule has 0 spiro atoms. The third-order valence-electron chi connectivity index (χ3n) is 4.30. The summed E-state index contributed by atoms with van der Waals surface area (Å²) in [5.74, 6) is 0.0966. The van der Waals surface area contributed by atoms with E-state index in [-0.39, 0.29) is 17.4 Å². The maximum Gasteiger partial charge on any atom is 0.230 e. The number of benzene rings is 1. The lowest BCUT2D eigenvalue weighted by atomic mass is 9.93. The molecule has 0 aromatic heterocycles. The topological polar surface area (TPSA) is 75.6 Å². The van der Waals surface area contributed by atoms with Gasteiger partial charge in [-0.2, -0.15) is 0 Å². The Morgan fingerprint density at radius 2 is 2.04 bits per heavy atom. The lowest BCUT2D eigenvalue weighted by Crippen LogP contribution is -2.35. The van der Waals surface area contributed by atoms with Crippen LogP contribution in [-0.2, 0) is 16.1 Å². The number of methoxy groups -OCH3 is 1. The zero-order valence-corrected chi connectivity index (χ0v) is 17.0. The fourth-order valence-corrected chi connectivity index (χ4v) is 2.81. The van der Waals surface area contributed by atoms with Crippen LogP contribution >= 0.6 is 0 Å². The van der Waals surface area contributed by atoms with E-state index in [9.17, 15) is 14.7 Å². The van der Waals surface area contributed by atoms with Crippen molar-refractivity contribution in [2.75, 3.05) is 7.11 Å². The van der Waals surface area contributed by atoms with Crippen LogP contribution in [0, 0.1) is 11.8 Å². The van der Waals surface area contributed by atoms with Gasteiger partial charge in [0, 0.05) is 13.0 Å². The van der Waals surface area contributed by atoms with E-state index < -0.39 is 5.92 Å². The molecule has 1 rings (SSSR count). The van der Waals surface area contributed by atoms with Crippen molar-refractivity contribution >= 4 is 11.7 Å². The highest BCUT2D eigenvalue weighted by Gasteiger charge is 2.24. The van der Waals surface area contributed by atoms with Crippen LogP contribution in [0.2, 0.25) is 0 Å². The zero-order chi connectivity index (χ0) is 20.2. The molecule has 0 saturated carbocycles. The number of hydrogen-bond acceptors (Lipinski definition) is 4. The van der Waals surface area contributed by atoms with Crippen LogP contribution in [0.15, 0.2) is 30.4 Å². The summed E-state index contributed by atoms with van der Waals surface area (Å²) in [6.45, 7) is 6.48. The predicted molar refractivity (Wildman–Crippen MR) is 108 cm³/mol. The van der Waals surface area contributed by atoms with Crippen molar-refractivity contribution < 1.29 is 19.4 Å². The largest absolute Gasteiger partial charge is 0.504 e. The third-order valence-corrected chi connectivity index (χ3v) is 4.30. The number of rotatable bonds is 12. The summed E-state index contributed by atoms with van der Waals surface area (Å²) in [7, 11) is 1.48. The Labute approximate surface area is 162 Å². The first-order valence-electron chi connectivity index (χ1n) is 9.72. The maximum atomic E-state index is 12.6. The normalized spacial score (nSPS) is 12.3. The zero-order valence-electron chi connectivity index (χ0n) is 17.0.